The molecule has 0 amide bonds. The molecule has 2 aliphatic heterocycles. The van der Waals surface area contributed by atoms with E-state index in [4.69, 9.17) is 14.2 Å². The topological polar surface area (TPSA) is 77.0 Å². The summed E-state index contributed by atoms with van der Waals surface area (Å²) in [4.78, 5) is 11.5. The number of ether oxygens (including phenoxy) is 3. The SMILES string of the molecule is O=C(O)C(CNCc1cccc2c1OCO2)C1CCOCC1. The molecule has 3 rings (SSSR count). The molecule has 2 N–H and O–H groups in total. The molecule has 2 heterocycles. The summed E-state index contributed by atoms with van der Waals surface area (Å²) < 4.78 is 16.1. The van der Waals surface area contributed by atoms with Crippen LogP contribution in [0.3, 0.4) is 0 Å². The van der Waals surface area contributed by atoms with Crippen LogP contribution in [-0.2, 0) is 16.1 Å². The summed E-state index contributed by atoms with van der Waals surface area (Å²) in [7, 11) is 0. The van der Waals surface area contributed by atoms with E-state index in [9.17, 15) is 9.90 Å². The molecule has 120 valence electrons. The Labute approximate surface area is 129 Å². The fourth-order valence-electron chi connectivity index (χ4n) is 3.07. The molecule has 0 bridgehead atoms. The molecule has 1 unspecified atom stereocenters. The molecular weight excluding hydrogens is 286 g/mol. The van der Waals surface area contributed by atoms with Gasteiger partial charge in [0.1, 0.15) is 0 Å². The molecule has 0 aliphatic carbocycles. The molecule has 1 atom stereocenters. The smallest absolute Gasteiger partial charge is 0.308 e. The van der Waals surface area contributed by atoms with Gasteiger partial charge in [-0.3, -0.25) is 4.79 Å². The normalized spacial score (nSPS) is 19.1. The lowest BCUT2D eigenvalue weighted by Crippen LogP contribution is -2.36. The number of hydrogen-bond donors (Lipinski definition) is 2. The van der Waals surface area contributed by atoms with Crippen LogP contribution in [0.4, 0.5) is 0 Å². The van der Waals surface area contributed by atoms with Crippen LogP contribution in [0.1, 0.15) is 18.4 Å². The minimum atomic E-state index is -0.739. The Balaban J connectivity index is 1.57. The van der Waals surface area contributed by atoms with Crippen molar-refractivity contribution in [3.05, 3.63) is 23.8 Å². The van der Waals surface area contributed by atoms with Gasteiger partial charge in [-0.15, -0.1) is 0 Å². The zero-order valence-electron chi connectivity index (χ0n) is 12.4. The third kappa shape index (κ3) is 3.34. The lowest BCUT2D eigenvalue weighted by Gasteiger charge is -2.27. The van der Waals surface area contributed by atoms with Gasteiger partial charge < -0.3 is 24.6 Å². The first-order valence-electron chi connectivity index (χ1n) is 7.64. The van der Waals surface area contributed by atoms with Gasteiger partial charge in [-0.1, -0.05) is 12.1 Å². The number of nitrogens with one attached hydrogen (secondary N) is 1. The summed E-state index contributed by atoms with van der Waals surface area (Å²) in [6.07, 6.45) is 1.63. The van der Waals surface area contributed by atoms with Crippen molar-refractivity contribution in [3.8, 4) is 11.5 Å². The standard InChI is InChI=1S/C16H21NO5/c18-16(19)13(11-4-6-20-7-5-11)9-17-8-12-2-1-3-14-15(12)22-10-21-14/h1-3,11,13,17H,4-10H2,(H,18,19). The summed E-state index contributed by atoms with van der Waals surface area (Å²) in [5.41, 5.74) is 0.992. The second-order valence-corrected chi connectivity index (χ2v) is 5.68. The molecular formula is C16H21NO5. The maximum atomic E-state index is 11.5. The number of carboxylic acid groups (broad SMARTS) is 1. The monoisotopic (exact) mass is 307 g/mol. The summed E-state index contributed by atoms with van der Waals surface area (Å²) in [6, 6.07) is 5.75. The van der Waals surface area contributed by atoms with Gasteiger partial charge in [0.2, 0.25) is 6.79 Å². The van der Waals surface area contributed by atoms with E-state index in [2.05, 4.69) is 5.32 Å². The van der Waals surface area contributed by atoms with Gasteiger partial charge in [-0.2, -0.15) is 0 Å². The zero-order chi connectivity index (χ0) is 15.4. The zero-order valence-corrected chi connectivity index (χ0v) is 12.4. The van der Waals surface area contributed by atoms with Gasteiger partial charge in [-0.05, 0) is 24.8 Å². The number of para-hydroxylation sites is 1. The quantitative estimate of drug-likeness (QED) is 0.832. The van der Waals surface area contributed by atoms with Gasteiger partial charge in [-0.25, -0.2) is 0 Å². The van der Waals surface area contributed by atoms with Crippen LogP contribution in [0.5, 0.6) is 11.5 Å². The number of rotatable bonds is 6. The molecule has 6 heteroatoms. The first-order chi connectivity index (χ1) is 10.8. The van der Waals surface area contributed by atoms with Crippen LogP contribution in [0.15, 0.2) is 18.2 Å². The van der Waals surface area contributed by atoms with Crippen molar-refractivity contribution in [1.29, 1.82) is 0 Å². The molecule has 2 aliphatic rings. The summed E-state index contributed by atoms with van der Waals surface area (Å²) in [6.45, 7) is 2.58. The molecule has 22 heavy (non-hydrogen) atoms. The van der Waals surface area contributed by atoms with Crippen LogP contribution in [-0.4, -0.2) is 37.6 Å². The highest BCUT2D eigenvalue weighted by Crippen LogP contribution is 2.35. The Morgan fingerprint density at radius 2 is 2.14 bits per heavy atom. The van der Waals surface area contributed by atoms with Crippen LogP contribution in [0.2, 0.25) is 0 Å². The summed E-state index contributed by atoms with van der Waals surface area (Å²) in [5.74, 6) is 0.571. The van der Waals surface area contributed by atoms with Crippen LogP contribution in [0.25, 0.3) is 0 Å². The lowest BCUT2D eigenvalue weighted by molar-refractivity contribution is -0.144. The molecule has 1 aromatic rings. The van der Waals surface area contributed by atoms with E-state index in [0.29, 0.717) is 26.3 Å². The van der Waals surface area contributed by atoms with Crippen LogP contribution in [0, 0.1) is 11.8 Å². The molecule has 6 nitrogen and oxygen atoms in total. The van der Waals surface area contributed by atoms with Gasteiger partial charge in [0, 0.05) is 31.9 Å². The van der Waals surface area contributed by atoms with Gasteiger partial charge in [0.25, 0.3) is 0 Å². The molecule has 1 fully saturated rings. The number of carboxylic acids is 1. The predicted molar refractivity (Wildman–Crippen MR) is 78.9 cm³/mol. The van der Waals surface area contributed by atoms with Crippen molar-refractivity contribution in [2.45, 2.75) is 19.4 Å². The average Bonchev–Trinajstić information content (AvgIpc) is 3.01. The van der Waals surface area contributed by atoms with Crippen LogP contribution < -0.4 is 14.8 Å². The van der Waals surface area contributed by atoms with E-state index >= 15 is 0 Å². The largest absolute Gasteiger partial charge is 0.481 e. The third-order valence-electron chi connectivity index (χ3n) is 4.31. The Morgan fingerprint density at radius 1 is 1.32 bits per heavy atom. The van der Waals surface area contributed by atoms with Crippen molar-refractivity contribution in [2.75, 3.05) is 26.6 Å². The van der Waals surface area contributed by atoms with E-state index < -0.39 is 5.97 Å². The minimum absolute atomic E-state index is 0.180. The van der Waals surface area contributed by atoms with Gasteiger partial charge >= 0.3 is 5.97 Å². The van der Waals surface area contributed by atoms with E-state index in [0.717, 1.165) is 29.9 Å². The first kappa shape index (κ1) is 15.1. The minimum Gasteiger partial charge on any atom is -0.481 e. The number of hydrogen-bond acceptors (Lipinski definition) is 5. The number of carbonyl (C=O) groups is 1. The highest BCUT2D eigenvalue weighted by Gasteiger charge is 2.29. The van der Waals surface area contributed by atoms with Crippen molar-refractivity contribution < 1.29 is 24.1 Å². The molecule has 0 saturated carbocycles. The van der Waals surface area contributed by atoms with Crippen LogP contribution >= 0.6 is 0 Å². The fraction of sp³-hybridized carbons (Fsp3) is 0.562. The van der Waals surface area contributed by atoms with Crippen molar-refractivity contribution in [3.63, 3.8) is 0 Å². The maximum Gasteiger partial charge on any atom is 0.308 e. The Bertz CT molecular complexity index is 527. The Kier molecular flexibility index (Phi) is 4.80. The van der Waals surface area contributed by atoms with Crippen molar-refractivity contribution >= 4 is 5.97 Å². The second-order valence-electron chi connectivity index (χ2n) is 5.68. The van der Waals surface area contributed by atoms with E-state index in [1.165, 1.54) is 0 Å². The maximum absolute atomic E-state index is 11.5. The fourth-order valence-corrected chi connectivity index (χ4v) is 3.07. The Morgan fingerprint density at radius 3 is 2.91 bits per heavy atom. The predicted octanol–water partition coefficient (Wildman–Crippen LogP) is 1.63. The van der Waals surface area contributed by atoms with E-state index in [1.807, 2.05) is 18.2 Å². The lowest BCUT2D eigenvalue weighted by atomic mass is 9.86. The average molecular weight is 307 g/mol. The molecule has 0 spiro atoms. The van der Waals surface area contributed by atoms with E-state index in [-0.39, 0.29) is 18.6 Å². The Hall–Kier alpha value is -1.79. The van der Waals surface area contributed by atoms with E-state index in [1.54, 1.807) is 0 Å². The summed E-state index contributed by atoms with van der Waals surface area (Å²) in [5, 5.41) is 12.7. The van der Waals surface area contributed by atoms with Gasteiger partial charge in [0.15, 0.2) is 11.5 Å². The molecule has 1 aromatic carbocycles. The highest BCUT2D eigenvalue weighted by molar-refractivity contribution is 5.70. The first-order valence-corrected chi connectivity index (χ1v) is 7.64. The molecule has 1 saturated heterocycles. The van der Waals surface area contributed by atoms with Crippen molar-refractivity contribution in [1.82, 2.24) is 5.32 Å². The number of fused-ring (bicyclic) bond motifs is 1. The number of aliphatic carboxylic acids is 1. The van der Waals surface area contributed by atoms with Gasteiger partial charge in [0.05, 0.1) is 5.92 Å². The number of benzene rings is 1. The molecule has 0 radical (unpaired) electrons. The summed E-state index contributed by atoms with van der Waals surface area (Å²) >= 11 is 0. The third-order valence-corrected chi connectivity index (χ3v) is 4.31. The second kappa shape index (κ2) is 6.98. The molecule has 0 aromatic heterocycles. The highest BCUT2D eigenvalue weighted by atomic mass is 16.7. The van der Waals surface area contributed by atoms with Crippen molar-refractivity contribution in [2.24, 2.45) is 11.8 Å².